The second-order valence-electron chi connectivity index (χ2n) is 6.41. The van der Waals surface area contributed by atoms with Gasteiger partial charge in [0.15, 0.2) is 0 Å². The van der Waals surface area contributed by atoms with Crippen molar-refractivity contribution in [1.29, 1.82) is 0 Å². The van der Waals surface area contributed by atoms with Crippen LogP contribution in [-0.4, -0.2) is 42.5 Å². The fourth-order valence-electron chi connectivity index (χ4n) is 3.98. The zero-order chi connectivity index (χ0) is 16.0. The highest BCUT2D eigenvalue weighted by molar-refractivity contribution is 5.94. The lowest BCUT2D eigenvalue weighted by Crippen LogP contribution is -2.48. The van der Waals surface area contributed by atoms with Crippen molar-refractivity contribution < 1.29 is 4.79 Å². The second kappa shape index (κ2) is 5.33. The third kappa shape index (κ3) is 2.27. The summed E-state index contributed by atoms with van der Waals surface area (Å²) in [6.45, 7) is 0. The van der Waals surface area contributed by atoms with E-state index in [1.165, 1.54) is 4.57 Å². The van der Waals surface area contributed by atoms with Crippen molar-refractivity contribution in [3.05, 3.63) is 46.6 Å². The van der Waals surface area contributed by atoms with Gasteiger partial charge >= 0.3 is 0 Å². The molecule has 1 amide bonds. The molecule has 2 unspecified atom stereocenters. The smallest absolute Gasteiger partial charge is 0.263 e. The molecule has 2 aromatic rings. The van der Waals surface area contributed by atoms with Crippen molar-refractivity contribution in [2.45, 2.75) is 43.8 Å². The molecular formula is C16H19N5O2. The van der Waals surface area contributed by atoms with Gasteiger partial charge in [-0.05, 0) is 37.8 Å². The van der Waals surface area contributed by atoms with Crippen molar-refractivity contribution in [1.82, 2.24) is 24.5 Å². The number of pyridine rings is 1. The molecule has 7 nitrogen and oxygen atoms in total. The molecule has 0 saturated carbocycles. The lowest BCUT2D eigenvalue weighted by Gasteiger charge is -2.38. The van der Waals surface area contributed by atoms with E-state index < -0.39 is 0 Å². The Morgan fingerprint density at radius 3 is 2.43 bits per heavy atom. The number of hydrogen-bond acceptors (Lipinski definition) is 4. The SMILES string of the molecule is Cn1cccc(C(=O)N2C3CCC2CC(n2nccn2)C3)c1=O. The molecule has 23 heavy (non-hydrogen) atoms. The highest BCUT2D eigenvalue weighted by Gasteiger charge is 2.44. The Balaban J connectivity index is 1.61. The maximum absolute atomic E-state index is 12.9. The first-order valence-corrected chi connectivity index (χ1v) is 7.99. The molecule has 2 bridgehead atoms. The van der Waals surface area contributed by atoms with Gasteiger partial charge in [-0.3, -0.25) is 9.59 Å². The highest BCUT2D eigenvalue weighted by atomic mass is 16.2. The van der Waals surface area contributed by atoms with Crippen molar-refractivity contribution in [2.24, 2.45) is 7.05 Å². The molecule has 2 atom stereocenters. The van der Waals surface area contributed by atoms with Crippen LogP contribution in [0.25, 0.3) is 0 Å². The van der Waals surface area contributed by atoms with Gasteiger partial charge in [0, 0.05) is 25.3 Å². The first kappa shape index (κ1) is 14.2. The van der Waals surface area contributed by atoms with Crippen LogP contribution in [0.2, 0.25) is 0 Å². The molecule has 2 saturated heterocycles. The second-order valence-corrected chi connectivity index (χ2v) is 6.41. The van der Waals surface area contributed by atoms with E-state index in [4.69, 9.17) is 0 Å². The minimum absolute atomic E-state index is 0.134. The molecular weight excluding hydrogens is 294 g/mol. The average molecular weight is 313 g/mol. The molecule has 0 aliphatic carbocycles. The molecule has 4 rings (SSSR count). The summed E-state index contributed by atoms with van der Waals surface area (Å²) in [6.07, 6.45) is 8.72. The van der Waals surface area contributed by atoms with Gasteiger partial charge in [0.05, 0.1) is 18.4 Å². The van der Waals surface area contributed by atoms with Gasteiger partial charge < -0.3 is 9.47 Å². The first-order chi connectivity index (χ1) is 11.1. The van der Waals surface area contributed by atoms with Gasteiger partial charge in [-0.15, -0.1) is 0 Å². The van der Waals surface area contributed by atoms with Gasteiger partial charge in [0.1, 0.15) is 5.56 Å². The van der Waals surface area contributed by atoms with Crippen molar-refractivity contribution in [2.75, 3.05) is 0 Å². The summed E-state index contributed by atoms with van der Waals surface area (Å²) in [5.74, 6) is -0.134. The van der Waals surface area contributed by atoms with E-state index in [1.54, 1.807) is 42.6 Å². The van der Waals surface area contributed by atoms with Crippen LogP contribution in [0, 0.1) is 0 Å². The van der Waals surface area contributed by atoms with Gasteiger partial charge in [0.2, 0.25) is 0 Å². The van der Waals surface area contributed by atoms with E-state index >= 15 is 0 Å². The Morgan fingerprint density at radius 2 is 1.78 bits per heavy atom. The summed E-state index contributed by atoms with van der Waals surface area (Å²) in [5.41, 5.74) is 0.0373. The summed E-state index contributed by atoms with van der Waals surface area (Å²) in [4.78, 5) is 28.8. The number of carbonyl (C=O) groups excluding carboxylic acids is 1. The number of hydrogen-bond donors (Lipinski definition) is 0. The number of fused-ring (bicyclic) bond motifs is 2. The van der Waals surface area contributed by atoms with Gasteiger partial charge in [-0.2, -0.15) is 15.0 Å². The molecule has 4 heterocycles. The fraction of sp³-hybridized carbons (Fsp3) is 0.500. The molecule has 0 radical (unpaired) electrons. The summed E-state index contributed by atoms with van der Waals surface area (Å²) >= 11 is 0. The standard InChI is InChI=1S/C16H19N5O2/c1-19-8-2-3-14(15(19)22)16(23)20-11-4-5-12(20)10-13(9-11)21-17-6-7-18-21/h2-3,6-8,11-13H,4-5,9-10H2,1H3. The van der Waals surface area contributed by atoms with E-state index in [0.29, 0.717) is 0 Å². The lowest BCUT2D eigenvalue weighted by molar-refractivity contribution is 0.0510. The number of nitrogens with zero attached hydrogens (tertiary/aromatic N) is 5. The topological polar surface area (TPSA) is 73.0 Å². The third-order valence-electron chi connectivity index (χ3n) is 5.06. The number of rotatable bonds is 2. The van der Waals surface area contributed by atoms with Crippen LogP contribution in [0.15, 0.2) is 35.5 Å². The maximum Gasteiger partial charge on any atom is 0.263 e. The molecule has 0 aromatic carbocycles. The molecule has 7 heteroatoms. The molecule has 2 aliphatic heterocycles. The Hall–Kier alpha value is -2.44. The fourth-order valence-corrected chi connectivity index (χ4v) is 3.98. The van der Waals surface area contributed by atoms with Crippen LogP contribution in [-0.2, 0) is 7.05 Å². The summed E-state index contributed by atoms with van der Waals surface area (Å²) < 4.78 is 1.45. The van der Waals surface area contributed by atoms with Crippen molar-refractivity contribution >= 4 is 5.91 Å². The summed E-state index contributed by atoms with van der Waals surface area (Å²) in [6, 6.07) is 3.96. The van der Waals surface area contributed by atoms with Gasteiger partial charge in [-0.25, -0.2) is 0 Å². The van der Waals surface area contributed by atoms with Crippen LogP contribution >= 0.6 is 0 Å². The monoisotopic (exact) mass is 313 g/mol. The number of carbonyl (C=O) groups is 1. The molecule has 2 aliphatic rings. The van der Waals surface area contributed by atoms with E-state index in [1.807, 2.05) is 4.90 Å². The quantitative estimate of drug-likeness (QED) is 0.828. The van der Waals surface area contributed by atoms with Crippen LogP contribution in [0.4, 0.5) is 0 Å². The summed E-state index contributed by atoms with van der Waals surface area (Å²) in [5, 5.41) is 8.48. The largest absolute Gasteiger partial charge is 0.332 e. The highest BCUT2D eigenvalue weighted by Crippen LogP contribution is 2.40. The van der Waals surface area contributed by atoms with Crippen LogP contribution in [0.5, 0.6) is 0 Å². The van der Waals surface area contributed by atoms with Crippen molar-refractivity contribution in [3.63, 3.8) is 0 Å². The Kier molecular flexibility index (Phi) is 3.28. The zero-order valence-corrected chi connectivity index (χ0v) is 13.0. The molecule has 0 spiro atoms. The minimum atomic E-state index is -0.229. The van der Waals surface area contributed by atoms with E-state index in [2.05, 4.69) is 10.2 Å². The Bertz CT molecular complexity index is 768. The predicted molar refractivity (Wildman–Crippen MR) is 83.0 cm³/mol. The Labute approximate surface area is 133 Å². The zero-order valence-electron chi connectivity index (χ0n) is 13.0. The minimum Gasteiger partial charge on any atom is -0.332 e. The first-order valence-electron chi connectivity index (χ1n) is 7.99. The average Bonchev–Trinajstić information content (AvgIpc) is 3.16. The van der Waals surface area contributed by atoms with E-state index in [9.17, 15) is 9.59 Å². The van der Waals surface area contributed by atoms with Gasteiger partial charge in [0.25, 0.3) is 11.5 Å². The maximum atomic E-state index is 12.9. The van der Waals surface area contributed by atoms with E-state index in [-0.39, 0.29) is 35.2 Å². The van der Waals surface area contributed by atoms with Crippen molar-refractivity contribution in [3.8, 4) is 0 Å². The van der Waals surface area contributed by atoms with E-state index in [0.717, 1.165) is 25.7 Å². The predicted octanol–water partition coefficient (Wildman–Crippen LogP) is 0.985. The number of piperidine rings is 1. The Morgan fingerprint density at radius 1 is 1.13 bits per heavy atom. The molecule has 120 valence electrons. The molecule has 2 aromatic heterocycles. The van der Waals surface area contributed by atoms with Crippen LogP contribution < -0.4 is 5.56 Å². The molecule has 2 fully saturated rings. The molecule has 0 N–H and O–H groups in total. The number of amides is 1. The van der Waals surface area contributed by atoms with Gasteiger partial charge in [-0.1, -0.05) is 0 Å². The van der Waals surface area contributed by atoms with Crippen LogP contribution in [0.1, 0.15) is 42.1 Å². The lowest BCUT2D eigenvalue weighted by atomic mass is 9.97. The number of aryl methyl sites for hydroxylation is 1. The normalized spacial score (nSPS) is 26.5. The number of aromatic nitrogens is 4. The summed E-state index contributed by atoms with van der Waals surface area (Å²) in [7, 11) is 1.67. The van der Waals surface area contributed by atoms with Crippen LogP contribution in [0.3, 0.4) is 0 Å². The third-order valence-corrected chi connectivity index (χ3v) is 5.06.